The Labute approximate surface area is 101 Å². The van der Waals surface area contributed by atoms with E-state index in [1.807, 2.05) is 26.0 Å². The first-order valence-electron chi connectivity index (χ1n) is 5.32. The Morgan fingerprint density at radius 1 is 1.53 bits per heavy atom. The Hall–Kier alpha value is -1.75. The largest absolute Gasteiger partial charge is 0.488 e. The molecule has 0 bridgehead atoms. The van der Waals surface area contributed by atoms with Crippen LogP contribution >= 0.6 is 0 Å². The van der Waals surface area contributed by atoms with Crippen molar-refractivity contribution < 1.29 is 14.7 Å². The van der Waals surface area contributed by atoms with E-state index in [4.69, 9.17) is 20.4 Å². The highest BCUT2D eigenvalue weighted by Crippen LogP contribution is 2.21. The smallest absolute Gasteiger partial charge is 0.173 e. The molecular formula is C12H18N2O3. The molecule has 94 valence electrons. The topological polar surface area (TPSA) is 77.1 Å². The van der Waals surface area contributed by atoms with Crippen molar-refractivity contribution in [3.8, 4) is 5.75 Å². The van der Waals surface area contributed by atoms with Crippen LogP contribution in [0.5, 0.6) is 5.75 Å². The summed E-state index contributed by atoms with van der Waals surface area (Å²) >= 11 is 0. The van der Waals surface area contributed by atoms with Gasteiger partial charge in [-0.2, -0.15) is 0 Å². The molecule has 5 nitrogen and oxygen atoms in total. The van der Waals surface area contributed by atoms with Crippen molar-refractivity contribution in [2.45, 2.75) is 20.0 Å². The average molecular weight is 238 g/mol. The highest BCUT2D eigenvalue weighted by molar-refractivity contribution is 5.99. The zero-order valence-electron chi connectivity index (χ0n) is 10.3. The van der Waals surface area contributed by atoms with Crippen molar-refractivity contribution in [1.29, 1.82) is 0 Å². The lowest BCUT2D eigenvalue weighted by Gasteiger charge is -2.16. The lowest BCUT2D eigenvalue weighted by Crippen LogP contribution is -2.21. The first kappa shape index (κ1) is 13.3. The summed E-state index contributed by atoms with van der Waals surface area (Å²) < 4.78 is 10.7. The molecular weight excluding hydrogens is 220 g/mol. The van der Waals surface area contributed by atoms with Gasteiger partial charge in [0.05, 0.1) is 12.2 Å². The number of aryl methyl sites for hydroxylation is 1. The second-order valence-electron chi connectivity index (χ2n) is 3.87. The highest BCUT2D eigenvalue weighted by Gasteiger charge is 2.11. The molecule has 0 aliphatic carbocycles. The van der Waals surface area contributed by atoms with Crippen LogP contribution in [0.15, 0.2) is 23.4 Å². The van der Waals surface area contributed by atoms with E-state index in [9.17, 15) is 0 Å². The average Bonchev–Trinajstić information content (AvgIpc) is 2.30. The van der Waals surface area contributed by atoms with E-state index in [0.29, 0.717) is 17.9 Å². The maximum absolute atomic E-state index is 8.72. The minimum atomic E-state index is -0.104. The molecule has 5 heteroatoms. The Kier molecular flexibility index (Phi) is 4.78. The van der Waals surface area contributed by atoms with Gasteiger partial charge in [0.25, 0.3) is 0 Å². The van der Waals surface area contributed by atoms with Crippen LogP contribution in [0.3, 0.4) is 0 Å². The number of amidine groups is 1. The summed E-state index contributed by atoms with van der Waals surface area (Å²) in [5, 5.41) is 11.7. The normalized spacial score (nSPS) is 13.5. The minimum absolute atomic E-state index is 0.0355. The van der Waals surface area contributed by atoms with Gasteiger partial charge in [-0.05, 0) is 26.0 Å². The van der Waals surface area contributed by atoms with Gasteiger partial charge >= 0.3 is 0 Å². The predicted octanol–water partition coefficient (Wildman–Crippen LogP) is 1.50. The zero-order valence-corrected chi connectivity index (χ0v) is 10.3. The van der Waals surface area contributed by atoms with Gasteiger partial charge in [-0.15, -0.1) is 0 Å². The van der Waals surface area contributed by atoms with Gasteiger partial charge in [-0.3, -0.25) is 0 Å². The number of oxime groups is 1. The van der Waals surface area contributed by atoms with Crippen molar-refractivity contribution >= 4 is 5.84 Å². The number of nitrogens with zero attached hydrogens (tertiary/aromatic N) is 1. The molecule has 0 radical (unpaired) electrons. The molecule has 0 spiro atoms. The van der Waals surface area contributed by atoms with Crippen molar-refractivity contribution in [3.63, 3.8) is 0 Å². The number of rotatable bonds is 5. The Morgan fingerprint density at radius 3 is 2.82 bits per heavy atom. The van der Waals surface area contributed by atoms with E-state index in [1.165, 1.54) is 0 Å². The summed E-state index contributed by atoms with van der Waals surface area (Å²) in [5.41, 5.74) is 7.19. The van der Waals surface area contributed by atoms with Gasteiger partial charge in [0.15, 0.2) is 5.84 Å². The molecule has 0 aromatic heterocycles. The van der Waals surface area contributed by atoms with Crippen LogP contribution in [0, 0.1) is 6.92 Å². The summed E-state index contributed by atoms with van der Waals surface area (Å²) in [6, 6.07) is 5.52. The summed E-state index contributed by atoms with van der Waals surface area (Å²) in [4.78, 5) is 0. The van der Waals surface area contributed by atoms with Gasteiger partial charge in [-0.1, -0.05) is 16.8 Å². The highest BCUT2D eigenvalue weighted by atomic mass is 16.5. The number of hydrogen-bond donors (Lipinski definition) is 2. The van der Waals surface area contributed by atoms with Crippen molar-refractivity contribution in [2.24, 2.45) is 10.9 Å². The van der Waals surface area contributed by atoms with Crippen molar-refractivity contribution in [2.75, 3.05) is 13.7 Å². The summed E-state index contributed by atoms with van der Waals surface area (Å²) in [6.07, 6.45) is -0.104. The summed E-state index contributed by atoms with van der Waals surface area (Å²) in [5.74, 6) is 0.615. The molecule has 1 aromatic carbocycles. The molecule has 1 rings (SSSR count). The van der Waals surface area contributed by atoms with Gasteiger partial charge in [0.2, 0.25) is 0 Å². The third kappa shape index (κ3) is 3.64. The van der Waals surface area contributed by atoms with Crippen LogP contribution in [0.25, 0.3) is 0 Å². The number of ether oxygens (including phenoxy) is 2. The maximum Gasteiger partial charge on any atom is 0.173 e. The summed E-state index contributed by atoms with van der Waals surface area (Å²) in [6.45, 7) is 4.29. The molecule has 1 atom stereocenters. The van der Waals surface area contributed by atoms with Crippen LogP contribution in [-0.4, -0.2) is 30.9 Å². The lowest BCUT2D eigenvalue weighted by molar-refractivity contribution is 0.0919. The molecule has 17 heavy (non-hydrogen) atoms. The third-order valence-corrected chi connectivity index (χ3v) is 2.25. The zero-order chi connectivity index (χ0) is 12.8. The molecule has 1 aromatic rings. The van der Waals surface area contributed by atoms with Crippen LogP contribution < -0.4 is 10.5 Å². The van der Waals surface area contributed by atoms with Gasteiger partial charge in [0.1, 0.15) is 11.9 Å². The number of benzene rings is 1. The molecule has 0 saturated carbocycles. The molecule has 0 amide bonds. The van der Waals surface area contributed by atoms with E-state index in [-0.39, 0.29) is 11.9 Å². The lowest BCUT2D eigenvalue weighted by atomic mass is 10.1. The summed E-state index contributed by atoms with van der Waals surface area (Å²) in [7, 11) is 1.61. The van der Waals surface area contributed by atoms with Crippen LogP contribution in [0.2, 0.25) is 0 Å². The number of methoxy groups -OCH3 is 1. The molecule has 0 fully saturated rings. The van der Waals surface area contributed by atoms with E-state index >= 15 is 0 Å². The fraction of sp³-hybridized carbons (Fsp3) is 0.417. The molecule has 0 aliphatic heterocycles. The molecule has 0 saturated heterocycles. The first-order chi connectivity index (χ1) is 8.08. The van der Waals surface area contributed by atoms with Crippen molar-refractivity contribution in [1.82, 2.24) is 0 Å². The van der Waals surface area contributed by atoms with E-state index in [1.54, 1.807) is 13.2 Å². The van der Waals surface area contributed by atoms with E-state index in [2.05, 4.69) is 5.16 Å². The second-order valence-corrected chi connectivity index (χ2v) is 3.87. The maximum atomic E-state index is 8.72. The molecule has 1 unspecified atom stereocenters. The Morgan fingerprint density at radius 2 is 2.24 bits per heavy atom. The quantitative estimate of drug-likeness (QED) is 0.353. The van der Waals surface area contributed by atoms with E-state index < -0.39 is 0 Å². The fourth-order valence-electron chi connectivity index (χ4n) is 1.49. The number of hydrogen-bond acceptors (Lipinski definition) is 4. The monoisotopic (exact) mass is 238 g/mol. The predicted molar refractivity (Wildman–Crippen MR) is 65.7 cm³/mol. The van der Waals surface area contributed by atoms with Crippen LogP contribution in [0.1, 0.15) is 18.1 Å². The SMILES string of the molecule is COCC(C)Oc1ccc(C)cc1/C(N)=N/O. The molecule has 3 N–H and O–H groups in total. The van der Waals surface area contributed by atoms with Gasteiger partial charge < -0.3 is 20.4 Å². The minimum Gasteiger partial charge on any atom is -0.488 e. The standard InChI is InChI=1S/C12H18N2O3/c1-8-4-5-11(17-9(2)7-16-3)10(6-8)12(13)14-15/h4-6,9,15H,7H2,1-3H3,(H2,13,14). The Bertz CT molecular complexity index is 405. The van der Waals surface area contributed by atoms with Crippen LogP contribution in [-0.2, 0) is 4.74 Å². The molecule has 0 aliphatic rings. The molecule has 0 heterocycles. The number of nitrogens with two attached hydrogens (primary N) is 1. The van der Waals surface area contributed by atoms with Gasteiger partial charge in [-0.25, -0.2) is 0 Å². The second kappa shape index (κ2) is 6.10. The van der Waals surface area contributed by atoms with Crippen LogP contribution in [0.4, 0.5) is 0 Å². The van der Waals surface area contributed by atoms with Crippen molar-refractivity contribution in [3.05, 3.63) is 29.3 Å². The van der Waals surface area contributed by atoms with Gasteiger partial charge in [0, 0.05) is 7.11 Å². The first-order valence-corrected chi connectivity index (χ1v) is 5.32. The van der Waals surface area contributed by atoms with E-state index in [0.717, 1.165) is 5.56 Å². The Balaban J connectivity index is 2.98. The third-order valence-electron chi connectivity index (χ3n) is 2.25. The fourth-order valence-corrected chi connectivity index (χ4v) is 1.49.